The minimum Gasteiger partial charge on any atom is -0.480 e. The highest BCUT2D eigenvalue weighted by atomic mass is 16.5. The molecule has 0 radical (unpaired) electrons. The van der Waals surface area contributed by atoms with E-state index in [2.05, 4.69) is 10.6 Å². The SMILES string of the molecule is COCCNC(=O)CN1CC(=O)NCC1C(=O)O. The van der Waals surface area contributed by atoms with E-state index in [0.717, 1.165) is 0 Å². The Morgan fingerprint density at radius 3 is 2.94 bits per heavy atom. The Labute approximate surface area is 104 Å². The fraction of sp³-hybridized carbons (Fsp3) is 0.700. The van der Waals surface area contributed by atoms with Crippen molar-refractivity contribution in [3.8, 4) is 0 Å². The number of aliphatic carboxylic acids is 1. The van der Waals surface area contributed by atoms with Crippen LogP contribution in [0.3, 0.4) is 0 Å². The number of hydrogen-bond donors (Lipinski definition) is 3. The number of carbonyl (C=O) groups excluding carboxylic acids is 2. The summed E-state index contributed by atoms with van der Waals surface area (Å²) in [4.78, 5) is 35.0. The maximum absolute atomic E-state index is 11.5. The van der Waals surface area contributed by atoms with Gasteiger partial charge in [-0.25, -0.2) is 0 Å². The van der Waals surface area contributed by atoms with Crippen LogP contribution >= 0.6 is 0 Å². The van der Waals surface area contributed by atoms with Gasteiger partial charge in [0.25, 0.3) is 0 Å². The van der Waals surface area contributed by atoms with E-state index in [4.69, 9.17) is 9.84 Å². The summed E-state index contributed by atoms with van der Waals surface area (Å²) < 4.78 is 4.77. The molecule has 102 valence electrons. The van der Waals surface area contributed by atoms with Gasteiger partial charge in [0.15, 0.2) is 0 Å². The fourth-order valence-electron chi connectivity index (χ4n) is 1.63. The predicted octanol–water partition coefficient (Wildman–Crippen LogP) is -2.37. The first-order chi connectivity index (χ1) is 8.54. The summed E-state index contributed by atoms with van der Waals surface area (Å²) in [5, 5.41) is 14.0. The highest BCUT2D eigenvalue weighted by molar-refractivity contribution is 5.85. The molecule has 0 spiro atoms. The van der Waals surface area contributed by atoms with Crippen LogP contribution in [-0.4, -0.2) is 73.7 Å². The molecule has 8 nitrogen and oxygen atoms in total. The van der Waals surface area contributed by atoms with E-state index in [9.17, 15) is 14.4 Å². The summed E-state index contributed by atoms with van der Waals surface area (Å²) in [5.74, 6) is -1.66. The summed E-state index contributed by atoms with van der Waals surface area (Å²) in [6, 6.07) is -0.865. The van der Waals surface area contributed by atoms with Crippen LogP contribution < -0.4 is 10.6 Å². The molecular formula is C10H17N3O5. The van der Waals surface area contributed by atoms with Crippen LogP contribution in [0.4, 0.5) is 0 Å². The lowest BCUT2D eigenvalue weighted by Gasteiger charge is -2.31. The van der Waals surface area contributed by atoms with E-state index in [-0.39, 0.29) is 31.4 Å². The molecule has 1 saturated heterocycles. The van der Waals surface area contributed by atoms with Gasteiger partial charge >= 0.3 is 5.97 Å². The molecule has 2 amide bonds. The van der Waals surface area contributed by atoms with Crippen molar-refractivity contribution in [3.63, 3.8) is 0 Å². The standard InChI is InChI=1S/C10H17N3O5/c1-18-3-2-11-8(14)5-13-6-9(15)12-4-7(13)10(16)17/h7H,2-6H2,1H3,(H,11,14)(H,12,15)(H,16,17). The second-order valence-electron chi connectivity index (χ2n) is 3.91. The van der Waals surface area contributed by atoms with Crippen molar-refractivity contribution >= 4 is 17.8 Å². The third-order valence-corrected chi connectivity index (χ3v) is 2.54. The predicted molar refractivity (Wildman–Crippen MR) is 60.9 cm³/mol. The second-order valence-corrected chi connectivity index (χ2v) is 3.91. The summed E-state index contributed by atoms with van der Waals surface area (Å²) in [6.45, 7) is 0.546. The smallest absolute Gasteiger partial charge is 0.322 e. The van der Waals surface area contributed by atoms with E-state index in [1.807, 2.05) is 0 Å². The number of carboxylic acids is 1. The molecule has 1 atom stereocenters. The summed E-state index contributed by atoms with van der Waals surface area (Å²) >= 11 is 0. The Morgan fingerprint density at radius 1 is 1.61 bits per heavy atom. The highest BCUT2D eigenvalue weighted by Crippen LogP contribution is 2.03. The molecule has 0 aromatic heterocycles. The number of methoxy groups -OCH3 is 1. The Balaban J connectivity index is 2.47. The van der Waals surface area contributed by atoms with Crippen LogP contribution in [0.25, 0.3) is 0 Å². The van der Waals surface area contributed by atoms with Gasteiger partial charge in [-0.1, -0.05) is 0 Å². The van der Waals surface area contributed by atoms with Gasteiger partial charge < -0.3 is 20.5 Å². The van der Waals surface area contributed by atoms with Crippen molar-refractivity contribution in [3.05, 3.63) is 0 Å². The van der Waals surface area contributed by atoms with Crippen molar-refractivity contribution in [1.29, 1.82) is 0 Å². The van der Waals surface area contributed by atoms with Gasteiger partial charge in [-0.2, -0.15) is 0 Å². The lowest BCUT2D eigenvalue weighted by molar-refractivity contribution is -0.146. The lowest BCUT2D eigenvalue weighted by atomic mass is 10.2. The van der Waals surface area contributed by atoms with E-state index in [1.165, 1.54) is 12.0 Å². The van der Waals surface area contributed by atoms with Gasteiger partial charge in [-0.3, -0.25) is 19.3 Å². The van der Waals surface area contributed by atoms with Gasteiger partial charge in [-0.05, 0) is 0 Å². The van der Waals surface area contributed by atoms with Crippen LogP contribution in [0, 0.1) is 0 Å². The van der Waals surface area contributed by atoms with Crippen molar-refractivity contribution < 1.29 is 24.2 Å². The quantitative estimate of drug-likeness (QED) is 0.460. The monoisotopic (exact) mass is 259 g/mol. The normalized spacial score (nSPS) is 20.3. The molecule has 0 aliphatic carbocycles. The first-order valence-electron chi connectivity index (χ1n) is 5.53. The molecule has 1 aliphatic rings. The molecule has 8 heteroatoms. The maximum Gasteiger partial charge on any atom is 0.322 e. The lowest BCUT2D eigenvalue weighted by Crippen LogP contribution is -2.59. The molecule has 0 aromatic rings. The third kappa shape index (κ3) is 4.30. The number of piperazine rings is 1. The first kappa shape index (κ1) is 14.4. The number of rotatable bonds is 6. The number of nitrogens with one attached hydrogen (secondary N) is 2. The van der Waals surface area contributed by atoms with Gasteiger partial charge in [0, 0.05) is 20.2 Å². The minimum absolute atomic E-state index is 0.0134. The van der Waals surface area contributed by atoms with Crippen LogP contribution in [0.5, 0.6) is 0 Å². The maximum atomic E-state index is 11.5. The zero-order chi connectivity index (χ0) is 13.5. The summed E-state index contributed by atoms with van der Waals surface area (Å²) in [5.41, 5.74) is 0. The average molecular weight is 259 g/mol. The molecule has 1 fully saturated rings. The fourth-order valence-corrected chi connectivity index (χ4v) is 1.63. The van der Waals surface area contributed by atoms with Crippen LogP contribution in [0.1, 0.15) is 0 Å². The van der Waals surface area contributed by atoms with E-state index < -0.39 is 12.0 Å². The molecule has 0 bridgehead atoms. The molecule has 0 saturated carbocycles. The van der Waals surface area contributed by atoms with Gasteiger partial charge in [-0.15, -0.1) is 0 Å². The molecule has 1 aliphatic heterocycles. The number of ether oxygens (including phenoxy) is 1. The van der Waals surface area contributed by atoms with Crippen molar-refractivity contribution in [2.75, 3.05) is 39.9 Å². The van der Waals surface area contributed by atoms with Crippen molar-refractivity contribution in [2.45, 2.75) is 6.04 Å². The Morgan fingerprint density at radius 2 is 2.33 bits per heavy atom. The molecule has 0 aromatic carbocycles. The van der Waals surface area contributed by atoms with Gasteiger partial charge in [0.2, 0.25) is 11.8 Å². The summed E-state index contributed by atoms with van der Waals surface area (Å²) in [7, 11) is 1.52. The van der Waals surface area contributed by atoms with Crippen molar-refractivity contribution in [1.82, 2.24) is 15.5 Å². The van der Waals surface area contributed by atoms with E-state index >= 15 is 0 Å². The van der Waals surface area contributed by atoms with Crippen LogP contribution in [0.15, 0.2) is 0 Å². The topological polar surface area (TPSA) is 108 Å². The number of amides is 2. The molecule has 3 N–H and O–H groups in total. The van der Waals surface area contributed by atoms with Gasteiger partial charge in [0.1, 0.15) is 6.04 Å². The highest BCUT2D eigenvalue weighted by Gasteiger charge is 2.32. The second kappa shape index (κ2) is 6.92. The third-order valence-electron chi connectivity index (χ3n) is 2.54. The molecule has 1 unspecified atom stereocenters. The van der Waals surface area contributed by atoms with Gasteiger partial charge in [0.05, 0.1) is 19.7 Å². The number of hydrogen-bond acceptors (Lipinski definition) is 5. The zero-order valence-corrected chi connectivity index (χ0v) is 10.1. The number of carbonyl (C=O) groups is 3. The average Bonchev–Trinajstić information content (AvgIpc) is 2.29. The van der Waals surface area contributed by atoms with Crippen LogP contribution in [0.2, 0.25) is 0 Å². The Kier molecular flexibility index (Phi) is 5.53. The summed E-state index contributed by atoms with van der Waals surface area (Å²) in [6.07, 6.45) is 0. The molecular weight excluding hydrogens is 242 g/mol. The number of nitrogens with zero attached hydrogens (tertiary/aromatic N) is 1. The molecule has 1 rings (SSSR count). The Hall–Kier alpha value is -1.67. The van der Waals surface area contributed by atoms with E-state index in [1.54, 1.807) is 0 Å². The van der Waals surface area contributed by atoms with E-state index in [0.29, 0.717) is 13.2 Å². The zero-order valence-electron chi connectivity index (χ0n) is 10.1. The molecule has 18 heavy (non-hydrogen) atoms. The van der Waals surface area contributed by atoms with Crippen molar-refractivity contribution in [2.24, 2.45) is 0 Å². The minimum atomic E-state index is -1.06. The largest absolute Gasteiger partial charge is 0.480 e. The number of carboxylic acid groups (broad SMARTS) is 1. The molecule has 1 heterocycles. The Bertz CT molecular complexity index is 333. The van der Waals surface area contributed by atoms with Crippen LogP contribution in [-0.2, 0) is 19.1 Å². The first-order valence-corrected chi connectivity index (χ1v) is 5.53.